The Hall–Kier alpha value is -3.55. The standard InChI is InChI=1S/C24H24F2N4O2/c1-14(2)19-13-20(29-28-19)24(32)30-11-10-27-23(31)21(30)12-15-6-8-16(9-7-15)17-4-3-5-18(25)22(17)26/h3-9,13-14,21H,10-12H2,1-2H3,(H,27,31)(H,28,29)/t21-/m1/s1. The van der Waals surface area contributed by atoms with Gasteiger partial charge in [0.05, 0.1) is 0 Å². The summed E-state index contributed by atoms with van der Waals surface area (Å²) in [6.45, 7) is 4.75. The van der Waals surface area contributed by atoms with E-state index in [0.29, 0.717) is 25.1 Å². The van der Waals surface area contributed by atoms with Gasteiger partial charge >= 0.3 is 0 Å². The molecule has 8 heteroatoms. The molecule has 1 atom stereocenters. The maximum atomic E-state index is 14.1. The number of benzene rings is 2. The Morgan fingerprint density at radius 3 is 2.62 bits per heavy atom. The number of nitrogens with one attached hydrogen (secondary N) is 2. The first-order valence-corrected chi connectivity index (χ1v) is 10.5. The molecule has 1 saturated heterocycles. The van der Waals surface area contributed by atoms with Crippen LogP contribution in [0.3, 0.4) is 0 Å². The molecule has 1 fully saturated rings. The summed E-state index contributed by atoms with van der Waals surface area (Å²) in [4.78, 5) is 27.2. The number of aromatic amines is 1. The fourth-order valence-electron chi connectivity index (χ4n) is 3.82. The molecule has 2 heterocycles. The van der Waals surface area contributed by atoms with Crippen LogP contribution in [-0.2, 0) is 11.2 Å². The summed E-state index contributed by atoms with van der Waals surface area (Å²) < 4.78 is 27.6. The van der Waals surface area contributed by atoms with E-state index in [4.69, 9.17) is 0 Å². The summed E-state index contributed by atoms with van der Waals surface area (Å²) in [5.74, 6) is -2.14. The molecular weight excluding hydrogens is 414 g/mol. The third-order valence-corrected chi connectivity index (χ3v) is 5.68. The van der Waals surface area contributed by atoms with Gasteiger partial charge in [-0.05, 0) is 29.2 Å². The number of rotatable bonds is 5. The van der Waals surface area contributed by atoms with Crippen molar-refractivity contribution in [3.05, 3.63) is 77.1 Å². The second kappa shape index (κ2) is 8.90. The second-order valence-electron chi connectivity index (χ2n) is 8.17. The van der Waals surface area contributed by atoms with Crippen molar-refractivity contribution in [2.24, 2.45) is 0 Å². The van der Waals surface area contributed by atoms with Crippen LogP contribution in [0.4, 0.5) is 8.78 Å². The maximum Gasteiger partial charge on any atom is 0.275 e. The molecule has 0 aliphatic carbocycles. The lowest BCUT2D eigenvalue weighted by Crippen LogP contribution is -2.58. The van der Waals surface area contributed by atoms with Gasteiger partial charge in [-0.1, -0.05) is 50.2 Å². The Kier molecular flexibility index (Phi) is 6.03. The average molecular weight is 438 g/mol. The molecule has 32 heavy (non-hydrogen) atoms. The van der Waals surface area contributed by atoms with E-state index in [2.05, 4.69) is 15.5 Å². The topological polar surface area (TPSA) is 78.1 Å². The number of aromatic nitrogens is 2. The molecule has 0 bridgehead atoms. The van der Waals surface area contributed by atoms with Crippen LogP contribution in [0.2, 0.25) is 0 Å². The normalized spacial score (nSPS) is 16.3. The lowest BCUT2D eigenvalue weighted by molar-refractivity contribution is -0.127. The summed E-state index contributed by atoms with van der Waals surface area (Å²) in [7, 11) is 0. The number of H-pyrrole nitrogens is 1. The van der Waals surface area contributed by atoms with Crippen molar-refractivity contribution < 1.29 is 18.4 Å². The minimum absolute atomic E-state index is 0.170. The van der Waals surface area contributed by atoms with E-state index in [-0.39, 0.29) is 29.0 Å². The maximum absolute atomic E-state index is 14.1. The number of halogens is 2. The van der Waals surface area contributed by atoms with Gasteiger partial charge in [-0.2, -0.15) is 5.10 Å². The molecule has 2 N–H and O–H groups in total. The molecule has 3 aromatic rings. The Balaban J connectivity index is 1.54. The number of carbonyl (C=O) groups excluding carboxylic acids is 2. The van der Waals surface area contributed by atoms with E-state index in [1.807, 2.05) is 13.8 Å². The largest absolute Gasteiger partial charge is 0.353 e. The summed E-state index contributed by atoms with van der Waals surface area (Å²) in [5.41, 5.74) is 2.64. The monoisotopic (exact) mass is 438 g/mol. The van der Waals surface area contributed by atoms with Crippen molar-refractivity contribution in [3.8, 4) is 11.1 Å². The molecule has 2 amide bonds. The highest BCUT2D eigenvalue weighted by atomic mass is 19.2. The van der Waals surface area contributed by atoms with E-state index in [9.17, 15) is 18.4 Å². The molecule has 6 nitrogen and oxygen atoms in total. The van der Waals surface area contributed by atoms with E-state index in [1.165, 1.54) is 12.1 Å². The highest BCUT2D eigenvalue weighted by molar-refractivity contribution is 5.97. The molecule has 0 radical (unpaired) electrons. The molecule has 4 rings (SSSR count). The SMILES string of the molecule is CC(C)c1cc(C(=O)N2CCNC(=O)[C@H]2Cc2ccc(-c3cccc(F)c3F)cc2)n[nH]1. The Morgan fingerprint density at radius 2 is 1.94 bits per heavy atom. The summed E-state index contributed by atoms with van der Waals surface area (Å²) >= 11 is 0. The number of hydrogen-bond donors (Lipinski definition) is 2. The van der Waals surface area contributed by atoms with Crippen molar-refractivity contribution in [1.29, 1.82) is 0 Å². The van der Waals surface area contributed by atoms with Crippen LogP contribution in [0.1, 0.15) is 41.5 Å². The molecule has 2 aromatic carbocycles. The fraction of sp³-hybridized carbons (Fsp3) is 0.292. The summed E-state index contributed by atoms with van der Waals surface area (Å²) in [6.07, 6.45) is 0.297. The van der Waals surface area contributed by atoms with Crippen LogP contribution in [0.25, 0.3) is 11.1 Å². The highest BCUT2D eigenvalue weighted by Crippen LogP contribution is 2.25. The molecule has 166 valence electrons. The molecular formula is C24H24F2N4O2. The van der Waals surface area contributed by atoms with Gasteiger partial charge in [0.2, 0.25) is 5.91 Å². The van der Waals surface area contributed by atoms with Crippen LogP contribution in [0, 0.1) is 11.6 Å². The number of nitrogens with zero attached hydrogens (tertiary/aromatic N) is 2. The molecule has 1 aliphatic rings. The lowest BCUT2D eigenvalue weighted by Gasteiger charge is -2.34. The third-order valence-electron chi connectivity index (χ3n) is 5.68. The van der Waals surface area contributed by atoms with Gasteiger partial charge in [-0.3, -0.25) is 14.7 Å². The Labute approximate surface area is 184 Å². The van der Waals surface area contributed by atoms with Crippen LogP contribution >= 0.6 is 0 Å². The van der Waals surface area contributed by atoms with Gasteiger partial charge < -0.3 is 10.2 Å². The Bertz CT molecular complexity index is 1140. The second-order valence-corrected chi connectivity index (χ2v) is 8.17. The zero-order chi connectivity index (χ0) is 22.8. The van der Waals surface area contributed by atoms with E-state index in [0.717, 1.165) is 17.3 Å². The van der Waals surface area contributed by atoms with E-state index < -0.39 is 17.7 Å². The minimum Gasteiger partial charge on any atom is -0.353 e. The summed E-state index contributed by atoms with van der Waals surface area (Å²) in [6, 6.07) is 12.0. The number of amides is 2. The third kappa shape index (κ3) is 4.26. The van der Waals surface area contributed by atoms with Gasteiger partial charge in [-0.25, -0.2) is 8.78 Å². The zero-order valence-corrected chi connectivity index (χ0v) is 17.9. The van der Waals surface area contributed by atoms with Crippen molar-refractivity contribution in [1.82, 2.24) is 20.4 Å². The van der Waals surface area contributed by atoms with Gasteiger partial charge in [-0.15, -0.1) is 0 Å². The predicted octanol–water partition coefficient (Wildman–Crippen LogP) is 3.66. The van der Waals surface area contributed by atoms with Crippen molar-refractivity contribution in [2.75, 3.05) is 13.1 Å². The van der Waals surface area contributed by atoms with E-state index >= 15 is 0 Å². The first-order valence-electron chi connectivity index (χ1n) is 10.5. The van der Waals surface area contributed by atoms with E-state index in [1.54, 1.807) is 35.2 Å². The lowest BCUT2D eigenvalue weighted by atomic mass is 9.98. The van der Waals surface area contributed by atoms with Crippen LogP contribution in [0.15, 0.2) is 48.5 Å². The quantitative estimate of drug-likeness (QED) is 0.638. The van der Waals surface area contributed by atoms with Crippen molar-refractivity contribution in [3.63, 3.8) is 0 Å². The molecule has 0 saturated carbocycles. The van der Waals surface area contributed by atoms with Crippen LogP contribution in [-0.4, -0.2) is 46.0 Å². The number of carbonyl (C=O) groups is 2. The average Bonchev–Trinajstić information content (AvgIpc) is 3.28. The molecule has 0 unspecified atom stereocenters. The highest BCUT2D eigenvalue weighted by Gasteiger charge is 2.34. The van der Waals surface area contributed by atoms with Gasteiger partial charge in [0.1, 0.15) is 11.7 Å². The first kappa shape index (κ1) is 21.7. The number of piperazine rings is 1. The Morgan fingerprint density at radius 1 is 1.19 bits per heavy atom. The van der Waals surface area contributed by atoms with Gasteiger partial charge in [0.25, 0.3) is 5.91 Å². The first-order chi connectivity index (χ1) is 15.3. The molecule has 0 spiro atoms. The molecule has 1 aromatic heterocycles. The zero-order valence-electron chi connectivity index (χ0n) is 17.9. The minimum atomic E-state index is -0.904. The van der Waals surface area contributed by atoms with Crippen LogP contribution in [0.5, 0.6) is 0 Å². The fourth-order valence-corrected chi connectivity index (χ4v) is 3.82. The van der Waals surface area contributed by atoms with Gasteiger partial charge in [0, 0.05) is 30.8 Å². The summed E-state index contributed by atoms with van der Waals surface area (Å²) in [5, 5.41) is 9.81. The van der Waals surface area contributed by atoms with Crippen molar-refractivity contribution in [2.45, 2.75) is 32.2 Å². The molecule has 1 aliphatic heterocycles. The smallest absolute Gasteiger partial charge is 0.275 e. The van der Waals surface area contributed by atoms with Crippen molar-refractivity contribution >= 4 is 11.8 Å². The van der Waals surface area contributed by atoms with Crippen LogP contribution < -0.4 is 5.32 Å². The number of hydrogen-bond acceptors (Lipinski definition) is 3. The predicted molar refractivity (Wildman–Crippen MR) is 116 cm³/mol. The van der Waals surface area contributed by atoms with Gasteiger partial charge in [0.15, 0.2) is 11.6 Å².